The minimum absolute atomic E-state index is 0.702. The Morgan fingerprint density at radius 3 is 2.25 bits per heavy atom. The molecule has 0 radical (unpaired) electrons. The Morgan fingerprint density at radius 2 is 1.62 bits per heavy atom. The normalized spacial score (nSPS) is 31.7. The van der Waals surface area contributed by atoms with E-state index in [0.717, 1.165) is 17.8 Å². The van der Waals surface area contributed by atoms with Gasteiger partial charge in [-0.1, -0.05) is 65.7 Å². The second kappa shape index (κ2) is 5.10. The maximum atomic E-state index is 2.51. The third-order valence-corrected chi connectivity index (χ3v) is 5.19. The van der Waals surface area contributed by atoms with E-state index in [1.807, 2.05) is 0 Å². The van der Waals surface area contributed by atoms with Crippen LogP contribution in [0.5, 0.6) is 0 Å². The zero-order valence-corrected chi connectivity index (χ0v) is 11.6. The summed E-state index contributed by atoms with van der Waals surface area (Å²) in [6.45, 7) is 7.32. The van der Waals surface area contributed by atoms with Crippen molar-refractivity contribution in [1.82, 2.24) is 0 Å². The van der Waals surface area contributed by atoms with Crippen LogP contribution >= 0.6 is 0 Å². The molecule has 0 aromatic heterocycles. The van der Waals surface area contributed by atoms with Gasteiger partial charge in [0, 0.05) is 0 Å². The monoisotopic (exact) mass is 222 g/mol. The Labute approximate surface area is 102 Å². The van der Waals surface area contributed by atoms with E-state index in [9.17, 15) is 0 Å². The predicted molar refractivity (Wildman–Crippen MR) is 71.5 cm³/mol. The predicted octanol–water partition coefficient (Wildman–Crippen LogP) is 5.42. The largest absolute Gasteiger partial charge is 0.0654 e. The molecule has 0 heterocycles. The summed E-state index contributed by atoms with van der Waals surface area (Å²) in [6.07, 6.45) is 13.4. The maximum absolute atomic E-state index is 2.51. The molecule has 0 spiro atoms. The molecule has 16 heavy (non-hydrogen) atoms. The Bertz CT molecular complexity index is 212. The van der Waals surface area contributed by atoms with Gasteiger partial charge in [-0.25, -0.2) is 0 Å². The molecule has 0 heteroatoms. The molecule has 0 amide bonds. The number of rotatable bonds is 8. The van der Waals surface area contributed by atoms with Gasteiger partial charge in [0.15, 0.2) is 0 Å². The first-order valence-corrected chi connectivity index (χ1v) is 7.66. The van der Waals surface area contributed by atoms with E-state index < -0.39 is 0 Å². The summed E-state index contributed by atoms with van der Waals surface area (Å²) in [4.78, 5) is 0. The highest BCUT2D eigenvalue weighted by Gasteiger charge is 2.57. The molecule has 94 valence electrons. The van der Waals surface area contributed by atoms with Crippen LogP contribution in [0.3, 0.4) is 0 Å². The Hall–Kier alpha value is 0. The van der Waals surface area contributed by atoms with Crippen molar-refractivity contribution in [3.05, 3.63) is 0 Å². The second-order valence-corrected chi connectivity index (χ2v) is 6.92. The van der Waals surface area contributed by atoms with Crippen molar-refractivity contribution in [2.45, 2.75) is 78.6 Å². The average molecular weight is 222 g/mol. The highest BCUT2D eigenvalue weighted by Crippen LogP contribution is 2.64. The van der Waals surface area contributed by atoms with Gasteiger partial charge in [0.05, 0.1) is 0 Å². The Morgan fingerprint density at radius 1 is 0.938 bits per heavy atom. The Kier molecular flexibility index (Phi) is 3.97. The fourth-order valence-electron chi connectivity index (χ4n) is 3.58. The van der Waals surface area contributed by atoms with E-state index in [1.165, 1.54) is 51.4 Å². The fraction of sp³-hybridized carbons (Fsp3) is 1.00. The summed E-state index contributed by atoms with van der Waals surface area (Å²) in [7, 11) is 0. The van der Waals surface area contributed by atoms with Crippen LogP contribution in [0.15, 0.2) is 0 Å². The molecule has 2 atom stereocenters. The molecule has 2 fully saturated rings. The van der Waals surface area contributed by atoms with Crippen molar-refractivity contribution >= 4 is 0 Å². The van der Waals surface area contributed by atoms with Gasteiger partial charge in [-0.15, -0.1) is 0 Å². The van der Waals surface area contributed by atoms with Crippen molar-refractivity contribution in [1.29, 1.82) is 0 Å². The van der Waals surface area contributed by atoms with Gasteiger partial charge in [-0.05, 0) is 36.0 Å². The standard InChI is InChI=1S/C16H30/c1-4-5-6-7-8-9-14-15(16(14,2)3)12-13-10-11-13/h13-15H,4-12H2,1-3H3. The summed E-state index contributed by atoms with van der Waals surface area (Å²) in [5.41, 5.74) is 0.702. The first kappa shape index (κ1) is 12.5. The summed E-state index contributed by atoms with van der Waals surface area (Å²) in [5.74, 6) is 3.30. The van der Waals surface area contributed by atoms with Crippen LogP contribution in [-0.4, -0.2) is 0 Å². The van der Waals surface area contributed by atoms with E-state index in [2.05, 4.69) is 20.8 Å². The van der Waals surface area contributed by atoms with Crippen molar-refractivity contribution in [3.8, 4) is 0 Å². The third-order valence-electron chi connectivity index (χ3n) is 5.19. The lowest BCUT2D eigenvalue weighted by Crippen LogP contribution is -1.91. The molecule has 0 aromatic rings. The SMILES string of the molecule is CCCCCCCC1C(CC2CC2)C1(C)C. The zero-order chi connectivity index (χ0) is 11.6. The van der Waals surface area contributed by atoms with Gasteiger partial charge in [-0.2, -0.15) is 0 Å². The smallest absolute Gasteiger partial charge is 0.0292 e. The van der Waals surface area contributed by atoms with Crippen molar-refractivity contribution < 1.29 is 0 Å². The number of unbranched alkanes of at least 4 members (excludes halogenated alkanes) is 4. The van der Waals surface area contributed by atoms with Crippen LogP contribution < -0.4 is 0 Å². The molecule has 0 bridgehead atoms. The van der Waals surface area contributed by atoms with Crippen molar-refractivity contribution in [2.24, 2.45) is 23.2 Å². The first-order chi connectivity index (χ1) is 7.66. The lowest BCUT2D eigenvalue weighted by Gasteiger charge is -2.02. The van der Waals surface area contributed by atoms with Crippen LogP contribution in [0, 0.1) is 23.2 Å². The molecule has 0 N–H and O–H groups in total. The van der Waals surface area contributed by atoms with Crippen LogP contribution in [0.1, 0.15) is 78.6 Å². The number of hydrogen-bond acceptors (Lipinski definition) is 0. The lowest BCUT2D eigenvalue weighted by atomic mass is 10.0. The summed E-state index contributed by atoms with van der Waals surface area (Å²) in [5, 5.41) is 0. The summed E-state index contributed by atoms with van der Waals surface area (Å²) < 4.78 is 0. The van der Waals surface area contributed by atoms with Crippen LogP contribution in [0.2, 0.25) is 0 Å². The van der Waals surface area contributed by atoms with E-state index in [1.54, 1.807) is 6.42 Å². The molecule has 2 unspecified atom stereocenters. The van der Waals surface area contributed by atoms with Gasteiger partial charge in [0.25, 0.3) is 0 Å². The highest BCUT2D eigenvalue weighted by atomic mass is 14.6. The molecule has 0 aromatic carbocycles. The third kappa shape index (κ3) is 3.02. The minimum Gasteiger partial charge on any atom is -0.0654 e. The van der Waals surface area contributed by atoms with Gasteiger partial charge in [-0.3, -0.25) is 0 Å². The minimum atomic E-state index is 0.702. The molecule has 0 saturated heterocycles. The topological polar surface area (TPSA) is 0 Å². The molecule has 2 aliphatic rings. The summed E-state index contributed by atoms with van der Waals surface area (Å²) >= 11 is 0. The molecule has 0 nitrogen and oxygen atoms in total. The fourth-order valence-corrected chi connectivity index (χ4v) is 3.58. The second-order valence-electron chi connectivity index (χ2n) is 6.92. The van der Waals surface area contributed by atoms with Crippen LogP contribution in [-0.2, 0) is 0 Å². The average Bonchev–Trinajstić information content (AvgIpc) is 3.12. The van der Waals surface area contributed by atoms with E-state index >= 15 is 0 Å². The summed E-state index contributed by atoms with van der Waals surface area (Å²) in [6, 6.07) is 0. The van der Waals surface area contributed by atoms with E-state index in [4.69, 9.17) is 0 Å². The molecular weight excluding hydrogens is 192 g/mol. The zero-order valence-electron chi connectivity index (χ0n) is 11.6. The molecule has 2 aliphatic carbocycles. The molecular formula is C16H30. The van der Waals surface area contributed by atoms with Crippen molar-refractivity contribution in [3.63, 3.8) is 0 Å². The van der Waals surface area contributed by atoms with Crippen LogP contribution in [0.4, 0.5) is 0 Å². The number of hydrogen-bond donors (Lipinski definition) is 0. The highest BCUT2D eigenvalue weighted by molar-refractivity contribution is 5.05. The van der Waals surface area contributed by atoms with Gasteiger partial charge in [0.1, 0.15) is 0 Å². The van der Waals surface area contributed by atoms with Gasteiger partial charge < -0.3 is 0 Å². The molecule has 0 aliphatic heterocycles. The van der Waals surface area contributed by atoms with Gasteiger partial charge in [0.2, 0.25) is 0 Å². The molecule has 2 rings (SSSR count). The maximum Gasteiger partial charge on any atom is -0.0292 e. The van der Waals surface area contributed by atoms with E-state index in [0.29, 0.717) is 5.41 Å². The quantitative estimate of drug-likeness (QED) is 0.481. The van der Waals surface area contributed by atoms with Crippen molar-refractivity contribution in [2.75, 3.05) is 0 Å². The molecule has 2 saturated carbocycles. The first-order valence-electron chi connectivity index (χ1n) is 7.66. The van der Waals surface area contributed by atoms with E-state index in [-0.39, 0.29) is 0 Å². The lowest BCUT2D eigenvalue weighted by molar-refractivity contribution is 0.492. The van der Waals surface area contributed by atoms with Crippen LogP contribution in [0.25, 0.3) is 0 Å². The van der Waals surface area contributed by atoms with Gasteiger partial charge >= 0.3 is 0 Å². The Balaban J connectivity index is 1.58.